The van der Waals surface area contributed by atoms with Crippen molar-refractivity contribution >= 4 is 11.4 Å². The van der Waals surface area contributed by atoms with Gasteiger partial charge in [0, 0.05) is 42.3 Å². The molecule has 1 N–H and O–H groups in total. The minimum atomic E-state index is -0.318. The van der Waals surface area contributed by atoms with E-state index >= 15 is 0 Å². The Hall–Kier alpha value is -2.30. The topological polar surface area (TPSA) is 60.1 Å². The molecule has 21 heavy (non-hydrogen) atoms. The molecule has 0 unspecified atom stereocenters. The van der Waals surface area contributed by atoms with Gasteiger partial charge in [-0.1, -0.05) is 13.0 Å². The van der Waals surface area contributed by atoms with Gasteiger partial charge in [-0.15, -0.1) is 0 Å². The van der Waals surface area contributed by atoms with Gasteiger partial charge >= 0.3 is 0 Å². The number of hydrogen-bond donors (Lipinski definition) is 1. The molecule has 0 fully saturated rings. The number of nitrogens with one attached hydrogen (secondary N) is 1. The average molecular weight is 287 g/mol. The molecule has 2 aromatic rings. The molecule has 1 heterocycles. The number of rotatable bonds is 5. The van der Waals surface area contributed by atoms with E-state index < -0.39 is 0 Å². The van der Waals surface area contributed by atoms with Gasteiger partial charge in [-0.25, -0.2) is 0 Å². The van der Waals surface area contributed by atoms with Crippen LogP contribution < -0.4 is 5.32 Å². The summed E-state index contributed by atoms with van der Waals surface area (Å²) in [6, 6.07) is 7.47. The zero-order valence-corrected chi connectivity index (χ0v) is 12.9. The van der Waals surface area contributed by atoms with Crippen molar-refractivity contribution in [2.45, 2.75) is 33.7 Å². The van der Waals surface area contributed by atoms with Crippen molar-refractivity contribution in [2.75, 3.05) is 5.32 Å². The number of benzene rings is 1. The maximum Gasteiger partial charge on any atom is 0.274 e. The lowest BCUT2D eigenvalue weighted by molar-refractivity contribution is -0.385. The minimum absolute atomic E-state index is 0.184. The number of nitro groups is 1. The second kappa shape index (κ2) is 5.99. The summed E-state index contributed by atoms with van der Waals surface area (Å²) in [6.07, 6.45) is 0.660. The first kappa shape index (κ1) is 15.1. The van der Waals surface area contributed by atoms with Gasteiger partial charge in [0.2, 0.25) is 0 Å². The van der Waals surface area contributed by atoms with Crippen molar-refractivity contribution in [1.82, 2.24) is 4.57 Å². The fraction of sp³-hybridized carbons (Fsp3) is 0.375. The molecule has 0 aliphatic heterocycles. The van der Waals surface area contributed by atoms with Crippen LogP contribution in [-0.2, 0) is 20.0 Å². The van der Waals surface area contributed by atoms with Crippen LogP contribution in [0.15, 0.2) is 24.3 Å². The summed E-state index contributed by atoms with van der Waals surface area (Å²) in [5, 5.41) is 14.4. The number of nitrogens with zero attached hydrogens (tertiary/aromatic N) is 2. The predicted molar refractivity (Wildman–Crippen MR) is 84.7 cm³/mol. The fourth-order valence-electron chi connectivity index (χ4n) is 2.45. The molecule has 0 amide bonds. The van der Waals surface area contributed by atoms with E-state index in [1.54, 1.807) is 6.07 Å². The molecule has 112 valence electrons. The second-order valence-electron chi connectivity index (χ2n) is 5.26. The highest BCUT2D eigenvalue weighted by Crippen LogP contribution is 2.24. The maximum atomic E-state index is 11.1. The smallest absolute Gasteiger partial charge is 0.274 e. The van der Waals surface area contributed by atoms with Crippen LogP contribution in [0, 0.1) is 24.0 Å². The van der Waals surface area contributed by atoms with Gasteiger partial charge < -0.3 is 9.88 Å². The molecule has 0 aliphatic carbocycles. The molecule has 0 saturated carbocycles. The molecule has 2 rings (SSSR count). The Morgan fingerprint density at radius 2 is 1.95 bits per heavy atom. The quantitative estimate of drug-likeness (QED) is 0.673. The fourth-order valence-corrected chi connectivity index (χ4v) is 2.45. The SMILES string of the molecule is CCc1ccc(NCc2cc(C)n(C)c2C)cc1[N+](=O)[O-]. The zero-order chi connectivity index (χ0) is 15.6. The Morgan fingerprint density at radius 1 is 1.24 bits per heavy atom. The summed E-state index contributed by atoms with van der Waals surface area (Å²) in [5.74, 6) is 0. The van der Waals surface area contributed by atoms with E-state index in [0.29, 0.717) is 13.0 Å². The predicted octanol–water partition coefficient (Wildman–Crippen LogP) is 3.72. The van der Waals surface area contributed by atoms with Gasteiger partial charge in [0.25, 0.3) is 5.69 Å². The third kappa shape index (κ3) is 3.07. The van der Waals surface area contributed by atoms with Crippen LogP contribution in [-0.4, -0.2) is 9.49 Å². The average Bonchev–Trinajstić information content (AvgIpc) is 2.72. The largest absolute Gasteiger partial charge is 0.381 e. The van der Waals surface area contributed by atoms with Crippen molar-refractivity contribution < 1.29 is 4.92 Å². The van der Waals surface area contributed by atoms with Crippen LogP contribution in [0.4, 0.5) is 11.4 Å². The summed E-state index contributed by atoms with van der Waals surface area (Å²) in [7, 11) is 2.04. The van der Waals surface area contributed by atoms with Gasteiger partial charge in [-0.2, -0.15) is 0 Å². The van der Waals surface area contributed by atoms with Crippen molar-refractivity contribution in [1.29, 1.82) is 0 Å². The zero-order valence-electron chi connectivity index (χ0n) is 12.9. The van der Waals surface area contributed by atoms with Crippen LogP contribution in [0.25, 0.3) is 0 Å². The molecule has 1 aromatic carbocycles. The van der Waals surface area contributed by atoms with Crippen molar-refractivity contribution in [3.05, 3.63) is 56.9 Å². The molecular formula is C16H21N3O2. The number of aryl methyl sites for hydroxylation is 2. The monoisotopic (exact) mass is 287 g/mol. The molecule has 0 bridgehead atoms. The van der Waals surface area contributed by atoms with E-state index in [-0.39, 0.29) is 10.6 Å². The lowest BCUT2D eigenvalue weighted by Crippen LogP contribution is -2.03. The van der Waals surface area contributed by atoms with E-state index in [4.69, 9.17) is 0 Å². The molecule has 0 spiro atoms. The molecule has 5 nitrogen and oxygen atoms in total. The van der Waals surface area contributed by atoms with Gasteiger partial charge in [0.15, 0.2) is 0 Å². The Kier molecular flexibility index (Phi) is 4.31. The minimum Gasteiger partial charge on any atom is -0.381 e. The first-order valence-corrected chi connectivity index (χ1v) is 7.07. The van der Waals surface area contributed by atoms with Crippen LogP contribution in [0.3, 0.4) is 0 Å². The number of nitro benzene ring substituents is 1. The maximum absolute atomic E-state index is 11.1. The summed E-state index contributed by atoms with van der Waals surface area (Å²) in [6.45, 7) is 6.73. The van der Waals surface area contributed by atoms with Crippen LogP contribution >= 0.6 is 0 Å². The standard InChI is InChI=1S/C16H21N3O2/c1-5-13-6-7-15(9-16(13)19(20)21)17-10-14-8-11(2)18(4)12(14)3/h6-9,17H,5,10H2,1-4H3. The summed E-state index contributed by atoms with van der Waals surface area (Å²) in [4.78, 5) is 10.8. The summed E-state index contributed by atoms with van der Waals surface area (Å²) < 4.78 is 2.14. The highest BCUT2D eigenvalue weighted by Gasteiger charge is 2.13. The normalized spacial score (nSPS) is 10.7. The van der Waals surface area contributed by atoms with Gasteiger partial charge in [0.1, 0.15) is 0 Å². The Morgan fingerprint density at radius 3 is 2.48 bits per heavy atom. The van der Waals surface area contributed by atoms with E-state index in [0.717, 1.165) is 11.3 Å². The summed E-state index contributed by atoms with van der Waals surface area (Å²) >= 11 is 0. The molecule has 0 atom stereocenters. The molecule has 1 aromatic heterocycles. The van der Waals surface area contributed by atoms with Crippen molar-refractivity contribution in [3.63, 3.8) is 0 Å². The van der Waals surface area contributed by atoms with E-state index in [1.807, 2.05) is 26.1 Å². The van der Waals surface area contributed by atoms with Gasteiger partial charge in [0.05, 0.1) is 4.92 Å². The van der Waals surface area contributed by atoms with Gasteiger partial charge in [-0.3, -0.25) is 10.1 Å². The first-order chi connectivity index (χ1) is 9.93. The van der Waals surface area contributed by atoms with E-state index in [2.05, 4.69) is 29.8 Å². The second-order valence-corrected chi connectivity index (χ2v) is 5.26. The van der Waals surface area contributed by atoms with Crippen molar-refractivity contribution in [3.8, 4) is 0 Å². The highest BCUT2D eigenvalue weighted by atomic mass is 16.6. The third-order valence-electron chi connectivity index (χ3n) is 4.03. The summed E-state index contributed by atoms with van der Waals surface area (Å²) in [5.41, 5.74) is 5.34. The number of aromatic nitrogens is 1. The Bertz CT molecular complexity index is 674. The van der Waals surface area contributed by atoms with Crippen LogP contribution in [0.5, 0.6) is 0 Å². The Balaban J connectivity index is 2.18. The lowest BCUT2D eigenvalue weighted by atomic mass is 10.1. The number of hydrogen-bond acceptors (Lipinski definition) is 3. The molecule has 5 heteroatoms. The van der Waals surface area contributed by atoms with Crippen LogP contribution in [0.2, 0.25) is 0 Å². The first-order valence-electron chi connectivity index (χ1n) is 7.07. The van der Waals surface area contributed by atoms with Crippen molar-refractivity contribution in [2.24, 2.45) is 7.05 Å². The van der Waals surface area contributed by atoms with E-state index in [9.17, 15) is 10.1 Å². The molecular weight excluding hydrogens is 266 g/mol. The molecule has 0 radical (unpaired) electrons. The van der Waals surface area contributed by atoms with Crippen LogP contribution in [0.1, 0.15) is 29.4 Å². The van der Waals surface area contributed by atoms with Gasteiger partial charge in [-0.05, 0) is 38.0 Å². The van der Waals surface area contributed by atoms with E-state index in [1.165, 1.54) is 17.0 Å². The number of anilines is 1. The molecule has 0 aliphatic rings. The highest BCUT2D eigenvalue weighted by molar-refractivity contribution is 5.55. The third-order valence-corrected chi connectivity index (χ3v) is 4.03. The molecule has 0 saturated heterocycles. The Labute approximate surface area is 124 Å². The lowest BCUT2D eigenvalue weighted by Gasteiger charge is -2.08.